The molecule has 1 saturated carbocycles. The maximum atomic E-state index is 12.2. The van der Waals surface area contributed by atoms with Crippen LogP contribution in [-0.4, -0.2) is 46.6 Å². The molecule has 2 heterocycles. The molecule has 5 heteroatoms. The highest BCUT2D eigenvalue weighted by molar-refractivity contribution is 5.93. The maximum absolute atomic E-state index is 12.2. The molecule has 0 saturated heterocycles. The van der Waals surface area contributed by atoms with Gasteiger partial charge < -0.3 is 10.2 Å². The lowest BCUT2D eigenvalue weighted by atomic mass is 9.94. The highest BCUT2D eigenvalue weighted by Gasteiger charge is 2.18. The monoisotopic (exact) mass is 300 g/mol. The second-order valence-corrected chi connectivity index (χ2v) is 6.13. The molecule has 0 aliphatic heterocycles. The predicted molar refractivity (Wildman–Crippen MR) is 87.0 cm³/mol. The minimum absolute atomic E-state index is 0.0965. The first-order chi connectivity index (χ1) is 10.7. The molecule has 118 valence electrons. The van der Waals surface area contributed by atoms with Gasteiger partial charge in [-0.25, -0.2) is 4.52 Å². The molecule has 22 heavy (non-hydrogen) atoms. The number of carbonyl (C=O) groups excluding carboxylic acids is 1. The Morgan fingerprint density at radius 2 is 2.18 bits per heavy atom. The fourth-order valence-electron chi connectivity index (χ4n) is 3.19. The van der Waals surface area contributed by atoms with E-state index in [9.17, 15) is 4.79 Å². The Hall–Kier alpha value is -1.88. The first-order valence-electron chi connectivity index (χ1n) is 8.17. The average Bonchev–Trinajstić information content (AvgIpc) is 2.99. The van der Waals surface area contributed by atoms with Crippen LogP contribution in [-0.2, 0) is 0 Å². The van der Waals surface area contributed by atoms with Crippen LogP contribution in [0, 0.1) is 0 Å². The summed E-state index contributed by atoms with van der Waals surface area (Å²) < 4.78 is 1.73. The van der Waals surface area contributed by atoms with E-state index in [2.05, 4.69) is 22.4 Å². The topological polar surface area (TPSA) is 49.6 Å². The molecule has 0 radical (unpaired) electrons. The van der Waals surface area contributed by atoms with Crippen molar-refractivity contribution in [1.82, 2.24) is 19.8 Å². The summed E-state index contributed by atoms with van der Waals surface area (Å²) in [4.78, 5) is 14.5. The van der Waals surface area contributed by atoms with Crippen molar-refractivity contribution in [3.63, 3.8) is 0 Å². The molecule has 1 amide bonds. The van der Waals surface area contributed by atoms with Crippen molar-refractivity contribution in [2.45, 2.75) is 38.1 Å². The van der Waals surface area contributed by atoms with Crippen LogP contribution in [0.15, 0.2) is 30.5 Å². The van der Waals surface area contributed by atoms with Crippen LogP contribution in [0.3, 0.4) is 0 Å². The van der Waals surface area contributed by atoms with Gasteiger partial charge in [0.2, 0.25) is 0 Å². The molecule has 2 aromatic rings. The Morgan fingerprint density at radius 3 is 2.95 bits per heavy atom. The molecular weight excluding hydrogens is 276 g/mol. The summed E-state index contributed by atoms with van der Waals surface area (Å²) in [6.45, 7) is 1.56. The lowest BCUT2D eigenvalue weighted by molar-refractivity contribution is 0.0939. The highest BCUT2D eigenvalue weighted by Crippen LogP contribution is 2.21. The lowest BCUT2D eigenvalue weighted by Gasteiger charge is -2.31. The maximum Gasteiger partial charge on any atom is 0.271 e. The van der Waals surface area contributed by atoms with Gasteiger partial charge >= 0.3 is 0 Å². The van der Waals surface area contributed by atoms with Crippen LogP contribution < -0.4 is 5.32 Å². The van der Waals surface area contributed by atoms with Crippen LogP contribution in [0.4, 0.5) is 0 Å². The molecular formula is C17H24N4O. The van der Waals surface area contributed by atoms with Gasteiger partial charge in [0.25, 0.3) is 5.91 Å². The van der Waals surface area contributed by atoms with Crippen LogP contribution in [0.2, 0.25) is 0 Å². The number of hydrogen-bond donors (Lipinski definition) is 1. The van der Waals surface area contributed by atoms with Crippen molar-refractivity contribution in [1.29, 1.82) is 0 Å². The normalized spacial score (nSPS) is 16.3. The Balaban J connectivity index is 1.49. The van der Waals surface area contributed by atoms with Crippen molar-refractivity contribution >= 4 is 11.4 Å². The molecule has 0 bridgehead atoms. The van der Waals surface area contributed by atoms with E-state index in [0.717, 1.165) is 12.1 Å². The van der Waals surface area contributed by atoms with E-state index < -0.39 is 0 Å². The van der Waals surface area contributed by atoms with Crippen molar-refractivity contribution in [3.8, 4) is 0 Å². The largest absolute Gasteiger partial charge is 0.349 e. The molecule has 1 aliphatic rings. The number of rotatable bonds is 5. The average molecular weight is 300 g/mol. The summed E-state index contributed by atoms with van der Waals surface area (Å²) >= 11 is 0. The van der Waals surface area contributed by atoms with E-state index >= 15 is 0 Å². The quantitative estimate of drug-likeness (QED) is 0.922. The van der Waals surface area contributed by atoms with Gasteiger partial charge in [-0.1, -0.05) is 25.3 Å². The zero-order chi connectivity index (χ0) is 15.4. The Morgan fingerprint density at radius 1 is 1.36 bits per heavy atom. The number of carbonyl (C=O) groups is 1. The number of amides is 1. The van der Waals surface area contributed by atoms with E-state index in [-0.39, 0.29) is 5.91 Å². The molecule has 0 aromatic carbocycles. The predicted octanol–water partition coefficient (Wildman–Crippen LogP) is 2.33. The van der Waals surface area contributed by atoms with E-state index in [1.165, 1.54) is 32.1 Å². The summed E-state index contributed by atoms with van der Waals surface area (Å²) in [6, 6.07) is 8.29. The minimum Gasteiger partial charge on any atom is -0.349 e. The van der Waals surface area contributed by atoms with Gasteiger partial charge in [0.05, 0.1) is 5.52 Å². The number of aromatic nitrogens is 2. The Kier molecular flexibility index (Phi) is 4.73. The zero-order valence-electron chi connectivity index (χ0n) is 13.2. The van der Waals surface area contributed by atoms with Gasteiger partial charge in [-0.2, -0.15) is 5.10 Å². The first kappa shape index (κ1) is 15.0. The number of pyridine rings is 1. The number of nitrogens with zero attached hydrogens (tertiary/aromatic N) is 3. The van der Waals surface area contributed by atoms with Gasteiger partial charge in [0.15, 0.2) is 5.69 Å². The SMILES string of the molecule is CN(CCNC(=O)c1cc2ccccn2n1)C1CCCCC1. The highest BCUT2D eigenvalue weighted by atomic mass is 16.1. The number of nitrogens with one attached hydrogen (secondary N) is 1. The molecule has 0 unspecified atom stereocenters. The van der Waals surface area contributed by atoms with Gasteiger partial charge in [-0.15, -0.1) is 0 Å². The van der Waals surface area contributed by atoms with Crippen LogP contribution in [0.25, 0.3) is 5.52 Å². The van der Waals surface area contributed by atoms with Gasteiger partial charge in [0.1, 0.15) is 0 Å². The van der Waals surface area contributed by atoms with E-state index in [4.69, 9.17) is 0 Å². The summed E-state index contributed by atoms with van der Waals surface area (Å²) in [5.41, 5.74) is 1.42. The summed E-state index contributed by atoms with van der Waals surface area (Å²) in [7, 11) is 2.16. The van der Waals surface area contributed by atoms with Crippen molar-refractivity contribution in [3.05, 3.63) is 36.2 Å². The third-order valence-corrected chi connectivity index (χ3v) is 4.55. The smallest absolute Gasteiger partial charge is 0.271 e. The molecule has 0 atom stereocenters. The fourth-order valence-corrected chi connectivity index (χ4v) is 3.19. The fraction of sp³-hybridized carbons (Fsp3) is 0.529. The third kappa shape index (κ3) is 3.47. The third-order valence-electron chi connectivity index (χ3n) is 4.55. The number of fused-ring (bicyclic) bond motifs is 1. The molecule has 2 aromatic heterocycles. The number of likely N-dealkylation sites (N-methyl/N-ethyl adjacent to an activating group) is 1. The standard InChI is InChI=1S/C17H24N4O/c1-20(14-7-3-2-4-8-14)12-10-18-17(22)16-13-15-9-5-6-11-21(15)19-16/h5-6,9,11,13-14H,2-4,7-8,10,12H2,1H3,(H,18,22). The second-order valence-electron chi connectivity index (χ2n) is 6.13. The molecule has 5 nitrogen and oxygen atoms in total. The lowest BCUT2D eigenvalue weighted by Crippen LogP contribution is -2.39. The number of hydrogen-bond acceptors (Lipinski definition) is 3. The first-order valence-corrected chi connectivity index (χ1v) is 8.17. The van der Waals surface area contributed by atoms with E-state index in [0.29, 0.717) is 18.3 Å². The summed E-state index contributed by atoms with van der Waals surface area (Å²) in [5.74, 6) is -0.0965. The second kappa shape index (κ2) is 6.92. The molecule has 1 N–H and O–H groups in total. The van der Waals surface area contributed by atoms with Crippen LogP contribution in [0.5, 0.6) is 0 Å². The Bertz CT molecular complexity index is 597. The van der Waals surface area contributed by atoms with Gasteiger partial charge in [0, 0.05) is 25.3 Å². The van der Waals surface area contributed by atoms with Crippen molar-refractivity contribution < 1.29 is 4.79 Å². The minimum atomic E-state index is -0.0965. The van der Waals surface area contributed by atoms with Gasteiger partial charge in [-0.05, 0) is 38.1 Å². The Labute approximate surface area is 131 Å². The van der Waals surface area contributed by atoms with Gasteiger partial charge in [-0.3, -0.25) is 4.79 Å². The van der Waals surface area contributed by atoms with Crippen LogP contribution in [0.1, 0.15) is 42.6 Å². The van der Waals surface area contributed by atoms with Crippen molar-refractivity contribution in [2.75, 3.05) is 20.1 Å². The zero-order valence-corrected chi connectivity index (χ0v) is 13.2. The van der Waals surface area contributed by atoms with Crippen LogP contribution >= 0.6 is 0 Å². The summed E-state index contributed by atoms with van der Waals surface area (Å²) in [5, 5.41) is 7.26. The van der Waals surface area contributed by atoms with E-state index in [1.54, 1.807) is 4.52 Å². The molecule has 0 spiro atoms. The van der Waals surface area contributed by atoms with E-state index in [1.807, 2.05) is 30.5 Å². The molecule has 3 rings (SSSR count). The molecule has 1 fully saturated rings. The summed E-state index contributed by atoms with van der Waals surface area (Å²) in [6.07, 6.45) is 8.47. The van der Waals surface area contributed by atoms with Crippen molar-refractivity contribution in [2.24, 2.45) is 0 Å². The molecule has 1 aliphatic carbocycles.